The molecule has 1 fully saturated rings. The summed E-state index contributed by atoms with van der Waals surface area (Å²) in [5, 5.41) is 3.14. The molecule has 0 aliphatic heterocycles. The standard InChI is InChI=1S/C13H25NO2/c1-13(2,3)8-9-14-10-12(15)16-11-6-4-5-7-11/h11,14H,4-10H2,1-3H3. The molecule has 0 aromatic rings. The van der Waals surface area contributed by atoms with Crippen LogP contribution in [0.15, 0.2) is 0 Å². The molecule has 0 bridgehead atoms. The van der Waals surface area contributed by atoms with Crippen molar-refractivity contribution < 1.29 is 9.53 Å². The van der Waals surface area contributed by atoms with Crippen molar-refractivity contribution in [2.24, 2.45) is 5.41 Å². The van der Waals surface area contributed by atoms with E-state index in [2.05, 4.69) is 26.1 Å². The second-order valence-electron chi connectivity index (χ2n) is 5.88. The monoisotopic (exact) mass is 227 g/mol. The van der Waals surface area contributed by atoms with E-state index >= 15 is 0 Å². The van der Waals surface area contributed by atoms with E-state index < -0.39 is 0 Å². The van der Waals surface area contributed by atoms with Gasteiger partial charge in [0.25, 0.3) is 0 Å². The Kier molecular flexibility index (Phi) is 5.26. The van der Waals surface area contributed by atoms with Crippen molar-refractivity contribution in [3.8, 4) is 0 Å². The molecular weight excluding hydrogens is 202 g/mol. The number of carbonyl (C=O) groups is 1. The van der Waals surface area contributed by atoms with Gasteiger partial charge in [-0.2, -0.15) is 0 Å². The van der Waals surface area contributed by atoms with Gasteiger partial charge in [0, 0.05) is 0 Å². The Morgan fingerprint density at radius 1 is 1.31 bits per heavy atom. The van der Waals surface area contributed by atoms with Crippen LogP contribution >= 0.6 is 0 Å². The summed E-state index contributed by atoms with van der Waals surface area (Å²) in [4.78, 5) is 11.4. The van der Waals surface area contributed by atoms with Crippen LogP contribution in [0.3, 0.4) is 0 Å². The number of carbonyl (C=O) groups excluding carboxylic acids is 1. The van der Waals surface area contributed by atoms with E-state index in [4.69, 9.17) is 4.74 Å². The van der Waals surface area contributed by atoms with Gasteiger partial charge < -0.3 is 10.1 Å². The summed E-state index contributed by atoms with van der Waals surface area (Å²) in [5.74, 6) is -0.0965. The molecule has 1 N–H and O–H groups in total. The van der Waals surface area contributed by atoms with Gasteiger partial charge >= 0.3 is 5.97 Å². The highest BCUT2D eigenvalue weighted by atomic mass is 16.5. The molecule has 3 heteroatoms. The Morgan fingerprint density at radius 3 is 2.50 bits per heavy atom. The topological polar surface area (TPSA) is 38.3 Å². The third-order valence-electron chi connectivity index (χ3n) is 2.92. The van der Waals surface area contributed by atoms with Crippen LogP contribution in [0.5, 0.6) is 0 Å². The lowest BCUT2D eigenvalue weighted by Crippen LogP contribution is -2.29. The molecule has 1 aliphatic carbocycles. The van der Waals surface area contributed by atoms with Gasteiger partial charge in [0.05, 0.1) is 6.54 Å². The highest BCUT2D eigenvalue weighted by Gasteiger charge is 2.18. The zero-order valence-electron chi connectivity index (χ0n) is 10.8. The first-order valence-electron chi connectivity index (χ1n) is 6.37. The molecule has 1 saturated carbocycles. The van der Waals surface area contributed by atoms with Crippen LogP contribution in [0, 0.1) is 5.41 Å². The fraction of sp³-hybridized carbons (Fsp3) is 0.923. The van der Waals surface area contributed by atoms with Crippen molar-refractivity contribution in [2.75, 3.05) is 13.1 Å². The minimum Gasteiger partial charge on any atom is -0.461 e. The molecule has 0 heterocycles. The predicted molar refractivity (Wildman–Crippen MR) is 65.3 cm³/mol. The average molecular weight is 227 g/mol. The number of ether oxygens (including phenoxy) is 1. The van der Waals surface area contributed by atoms with Crippen LogP contribution < -0.4 is 5.32 Å². The van der Waals surface area contributed by atoms with E-state index in [-0.39, 0.29) is 12.1 Å². The first-order chi connectivity index (χ1) is 7.47. The van der Waals surface area contributed by atoms with Crippen LogP contribution in [-0.2, 0) is 9.53 Å². The van der Waals surface area contributed by atoms with Gasteiger partial charge in [0.2, 0.25) is 0 Å². The van der Waals surface area contributed by atoms with Crippen molar-refractivity contribution in [1.29, 1.82) is 0 Å². The Hall–Kier alpha value is -0.570. The molecule has 0 radical (unpaired) electrons. The quantitative estimate of drug-likeness (QED) is 0.579. The van der Waals surface area contributed by atoms with E-state index in [0.29, 0.717) is 12.0 Å². The maximum atomic E-state index is 11.4. The molecule has 0 spiro atoms. The van der Waals surface area contributed by atoms with Gasteiger partial charge in [-0.25, -0.2) is 0 Å². The molecule has 0 unspecified atom stereocenters. The molecule has 1 aliphatic rings. The second-order valence-corrected chi connectivity index (χ2v) is 5.88. The van der Waals surface area contributed by atoms with Gasteiger partial charge in [0.15, 0.2) is 0 Å². The van der Waals surface area contributed by atoms with Crippen molar-refractivity contribution >= 4 is 5.97 Å². The highest BCUT2D eigenvalue weighted by Crippen LogP contribution is 2.20. The minimum absolute atomic E-state index is 0.0965. The molecule has 16 heavy (non-hydrogen) atoms. The van der Waals surface area contributed by atoms with Crippen LogP contribution in [0.25, 0.3) is 0 Å². The third-order valence-corrected chi connectivity index (χ3v) is 2.92. The fourth-order valence-corrected chi connectivity index (χ4v) is 1.89. The maximum absolute atomic E-state index is 11.4. The van der Waals surface area contributed by atoms with Crippen molar-refractivity contribution in [1.82, 2.24) is 5.32 Å². The van der Waals surface area contributed by atoms with Crippen LogP contribution in [0.1, 0.15) is 52.9 Å². The second kappa shape index (κ2) is 6.24. The van der Waals surface area contributed by atoms with Gasteiger partial charge in [-0.15, -0.1) is 0 Å². The molecule has 3 nitrogen and oxygen atoms in total. The smallest absolute Gasteiger partial charge is 0.320 e. The number of hydrogen-bond acceptors (Lipinski definition) is 3. The highest BCUT2D eigenvalue weighted by molar-refractivity contribution is 5.71. The van der Waals surface area contributed by atoms with Gasteiger partial charge in [0.1, 0.15) is 6.10 Å². The molecule has 0 amide bonds. The molecule has 0 aromatic carbocycles. The van der Waals surface area contributed by atoms with Crippen LogP contribution in [-0.4, -0.2) is 25.2 Å². The van der Waals surface area contributed by atoms with E-state index in [9.17, 15) is 4.79 Å². The lowest BCUT2D eigenvalue weighted by molar-refractivity contribution is -0.147. The molecule has 0 atom stereocenters. The van der Waals surface area contributed by atoms with Crippen LogP contribution in [0.4, 0.5) is 0 Å². The Bertz CT molecular complexity index is 214. The summed E-state index contributed by atoms with van der Waals surface area (Å²) in [5.41, 5.74) is 0.322. The number of nitrogens with one attached hydrogen (secondary N) is 1. The SMILES string of the molecule is CC(C)(C)CCNCC(=O)OC1CCCC1. The number of hydrogen-bond donors (Lipinski definition) is 1. The lowest BCUT2D eigenvalue weighted by atomic mass is 9.92. The zero-order valence-corrected chi connectivity index (χ0v) is 10.8. The van der Waals surface area contributed by atoms with Crippen LogP contribution in [0.2, 0.25) is 0 Å². The lowest BCUT2D eigenvalue weighted by Gasteiger charge is -2.18. The third kappa shape index (κ3) is 6.11. The summed E-state index contributed by atoms with van der Waals surface area (Å²) in [6.45, 7) is 7.83. The first-order valence-corrected chi connectivity index (χ1v) is 6.37. The maximum Gasteiger partial charge on any atom is 0.320 e. The van der Waals surface area contributed by atoms with Gasteiger partial charge in [-0.3, -0.25) is 4.79 Å². The molecule has 0 saturated heterocycles. The Morgan fingerprint density at radius 2 is 1.94 bits per heavy atom. The summed E-state index contributed by atoms with van der Waals surface area (Å²) >= 11 is 0. The Labute approximate surface area is 98.9 Å². The first kappa shape index (κ1) is 13.5. The fourth-order valence-electron chi connectivity index (χ4n) is 1.89. The average Bonchev–Trinajstić information content (AvgIpc) is 2.63. The van der Waals surface area contributed by atoms with E-state index in [1.165, 1.54) is 12.8 Å². The summed E-state index contributed by atoms with van der Waals surface area (Å²) in [6, 6.07) is 0. The number of rotatable bonds is 5. The van der Waals surface area contributed by atoms with Gasteiger partial charge in [-0.1, -0.05) is 20.8 Å². The zero-order chi connectivity index (χ0) is 12.0. The van der Waals surface area contributed by atoms with E-state index in [1.807, 2.05) is 0 Å². The van der Waals surface area contributed by atoms with E-state index in [0.717, 1.165) is 25.8 Å². The summed E-state index contributed by atoms with van der Waals surface area (Å²) < 4.78 is 5.34. The van der Waals surface area contributed by atoms with Gasteiger partial charge in [-0.05, 0) is 44.1 Å². The van der Waals surface area contributed by atoms with Crippen molar-refractivity contribution in [2.45, 2.75) is 59.0 Å². The molecule has 1 rings (SSSR count). The summed E-state index contributed by atoms with van der Waals surface area (Å²) in [7, 11) is 0. The minimum atomic E-state index is -0.0965. The molecule has 0 aromatic heterocycles. The number of esters is 1. The predicted octanol–water partition coefficient (Wildman–Crippen LogP) is 2.50. The van der Waals surface area contributed by atoms with E-state index in [1.54, 1.807) is 0 Å². The summed E-state index contributed by atoms with van der Waals surface area (Å²) in [6.07, 6.45) is 5.77. The van der Waals surface area contributed by atoms with Crippen molar-refractivity contribution in [3.63, 3.8) is 0 Å². The normalized spacial score (nSPS) is 17.7. The molecule has 94 valence electrons. The van der Waals surface area contributed by atoms with Crippen molar-refractivity contribution in [3.05, 3.63) is 0 Å². The Balaban J connectivity index is 2.02. The largest absolute Gasteiger partial charge is 0.461 e. The molecular formula is C13H25NO2.